The van der Waals surface area contributed by atoms with E-state index in [-0.39, 0.29) is 5.75 Å². The molecule has 6 heteroatoms. The Hall–Kier alpha value is -3.25. The van der Waals surface area contributed by atoms with Crippen molar-refractivity contribution in [2.24, 2.45) is 7.05 Å². The fourth-order valence-corrected chi connectivity index (χ4v) is 4.11. The van der Waals surface area contributed by atoms with Crippen LogP contribution in [0, 0.1) is 6.92 Å². The van der Waals surface area contributed by atoms with Crippen LogP contribution in [0.25, 0.3) is 33.3 Å². The van der Waals surface area contributed by atoms with E-state index in [1.807, 2.05) is 42.2 Å². The molecule has 1 aliphatic rings. The van der Waals surface area contributed by atoms with Gasteiger partial charge in [-0.25, -0.2) is 0 Å². The molecule has 29 heavy (non-hydrogen) atoms. The van der Waals surface area contributed by atoms with Gasteiger partial charge < -0.3 is 10.0 Å². The summed E-state index contributed by atoms with van der Waals surface area (Å²) in [6.07, 6.45) is 2.01. The van der Waals surface area contributed by atoms with Crippen molar-refractivity contribution in [2.75, 3.05) is 20.1 Å². The molecule has 0 atom stereocenters. The number of aryl methyl sites for hydroxylation is 2. The fourth-order valence-electron chi connectivity index (χ4n) is 4.11. The zero-order valence-corrected chi connectivity index (χ0v) is 16.8. The predicted octanol–water partition coefficient (Wildman–Crippen LogP) is 3.74. The molecule has 1 fully saturated rings. The number of benzene rings is 2. The molecule has 5 rings (SSSR count). The summed E-state index contributed by atoms with van der Waals surface area (Å²) in [5, 5.41) is 25.0. The number of hydrogen-bond donors (Lipinski definition) is 1. The number of rotatable bonds is 3. The van der Waals surface area contributed by atoms with Gasteiger partial charge in [-0.15, -0.1) is 0 Å². The Morgan fingerprint density at radius 2 is 1.79 bits per heavy atom. The molecule has 146 valence electrons. The summed E-state index contributed by atoms with van der Waals surface area (Å²) in [6, 6.07) is 13.9. The van der Waals surface area contributed by atoms with Gasteiger partial charge in [0.1, 0.15) is 5.75 Å². The van der Waals surface area contributed by atoms with Crippen LogP contribution in [0.15, 0.2) is 48.7 Å². The number of phenolic OH excluding ortho intramolecular Hbond substituents is 1. The van der Waals surface area contributed by atoms with E-state index in [9.17, 15) is 5.11 Å². The van der Waals surface area contributed by atoms with Crippen LogP contribution in [0.3, 0.4) is 0 Å². The predicted molar refractivity (Wildman–Crippen MR) is 114 cm³/mol. The number of likely N-dealkylation sites (tertiary alicyclic amines) is 1. The molecule has 1 N–H and O–H groups in total. The van der Waals surface area contributed by atoms with Crippen molar-refractivity contribution in [1.82, 2.24) is 24.9 Å². The Balaban J connectivity index is 1.46. The van der Waals surface area contributed by atoms with Gasteiger partial charge in [0.15, 0.2) is 0 Å². The fraction of sp³-hybridized carbons (Fsp3) is 0.261. The third-order valence-corrected chi connectivity index (χ3v) is 5.69. The van der Waals surface area contributed by atoms with Crippen LogP contribution in [0.5, 0.6) is 5.75 Å². The average molecular weight is 385 g/mol. The molecule has 0 unspecified atom stereocenters. The van der Waals surface area contributed by atoms with Gasteiger partial charge in [0, 0.05) is 43.2 Å². The maximum atomic E-state index is 10.7. The molecular formula is C23H23N5O. The number of phenols is 1. The van der Waals surface area contributed by atoms with Gasteiger partial charge in [0.05, 0.1) is 16.9 Å². The summed E-state index contributed by atoms with van der Waals surface area (Å²) in [4.78, 5) is 2.26. The average Bonchev–Trinajstić information content (AvgIpc) is 3.07. The maximum absolute atomic E-state index is 10.7. The van der Waals surface area contributed by atoms with Crippen molar-refractivity contribution >= 4 is 10.9 Å². The lowest BCUT2D eigenvalue weighted by molar-refractivity contribution is 0.186. The summed E-state index contributed by atoms with van der Waals surface area (Å²) in [6.45, 7) is 4.10. The minimum atomic E-state index is 0.205. The van der Waals surface area contributed by atoms with Gasteiger partial charge in [0.2, 0.25) is 0 Å². The van der Waals surface area contributed by atoms with E-state index in [4.69, 9.17) is 0 Å². The maximum Gasteiger partial charge on any atom is 0.125 e. The molecule has 2 aromatic heterocycles. The minimum absolute atomic E-state index is 0.205. The lowest BCUT2D eigenvalue weighted by Gasteiger charge is -2.35. The van der Waals surface area contributed by atoms with Gasteiger partial charge in [-0.3, -0.25) is 4.68 Å². The minimum Gasteiger partial charge on any atom is -0.507 e. The lowest BCUT2D eigenvalue weighted by Crippen LogP contribution is -2.42. The van der Waals surface area contributed by atoms with E-state index >= 15 is 0 Å². The Labute approximate surface area is 169 Å². The van der Waals surface area contributed by atoms with E-state index in [0.717, 1.165) is 46.4 Å². The second-order valence-electron chi connectivity index (χ2n) is 8.03. The third kappa shape index (κ3) is 3.15. The molecule has 3 heterocycles. The molecule has 0 saturated carbocycles. The molecule has 6 nitrogen and oxygen atoms in total. The zero-order valence-electron chi connectivity index (χ0n) is 16.8. The smallest absolute Gasteiger partial charge is 0.125 e. The van der Waals surface area contributed by atoms with E-state index in [1.165, 1.54) is 0 Å². The van der Waals surface area contributed by atoms with Crippen molar-refractivity contribution in [3.8, 4) is 28.1 Å². The molecule has 0 spiro atoms. The highest BCUT2D eigenvalue weighted by Gasteiger charge is 2.26. The highest BCUT2D eigenvalue weighted by atomic mass is 16.3. The first kappa shape index (κ1) is 17.8. The van der Waals surface area contributed by atoms with Crippen molar-refractivity contribution in [3.63, 3.8) is 0 Å². The van der Waals surface area contributed by atoms with Crippen LogP contribution >= 0.6 is 0 Å². The number of hydrogen-bond acceptors (Lipinski definition) is 5. The first-order valence-electron chi connectivity index (χ1n) is 9.78. The van der Waals surface area contributed by atoms with E-state index < -0.39 is 0 Å². The van der Waals surface area contributed by atoms with Crippen LogP contribution in [0.1, 0.15) is 17.2 Å². The third-order valence-electron chi connectivity index (χ3n) is 5.69. The largest absolute Gasteiger partial charge is 0.507 e. The molecule has 2 aromatic carbocycles. The van der Waals surface area contributed by atoms with Gasteiger partial charge in [-0.05, 0) is 67.1 Å². The Morgan fingerprint density at radius 3 is 2.48 bits per heavy atom. The van der Waals surface area contributed by atoms with Crippen molar-refractivity contribution in [2.45, 2.75) is 12.8 Å². The number of nitrogens with zero attached hydrogens (tertiary/aromatic N) is 5. The van der Waals surface area contributed by atoms with Gasteiger partial charge in [-0.2, -0.15) is 15.3 Å². The van der Waals surface area contributed by atoms with Crippen LogP contribution in [-0.4, -0.2) is 50.1 Å². The molecule has 0 aliphatic carbocycles. The number of aromatic hydroxyl groups is 1. The molecule has 1 saturated heterocycles. The molecule has 0 bridgehead atoms. The van der Waals surface area contributed by atoms with Crippen LogP contribution < -0.4 is 0 Å². The molecule has 1 aliphatic heterocycles. The number of fused-ring (bicyclic) bond motifs is 1. The lowest BCUT2D eigenvalue weighted by atomic mass is 9.96. The van der Waals surface area contributed by atoms with Gasteiger partial charge in [0.25, 0.3) is 0 Å². The zero-order chi connectivity index (χ0) is 20.1. The topological polar surface area (TPSA) is 67.1 Å². The number of likely N-dealkylation sites (N-methyl/N-ethyl adjacent to an activating group) is 1. The molecule has 4 aromatic rings. The second kappa shape index (κ2) is 6.67. The quantitative estimate of drug-likeness (QED) is 0.582. The summed E-state index contributed by atoms with van der Waals surface area (Å²) in [5.41, 5.74) is 6.53. The normalized spacial score (nSPS) is 15.0. The van der Waals surface area contributed by atoms with Crippen molar-refractivity contribution in [1.29, 1.82) is 0 Å². The van der Waals surface area contributed by atoms with E-state index in [1.54, 1.807) is 6.07 Å². The Bertz CT molecular complexity index is 1210. The van der Waals surface area contributed by atoms with Gasteiger partial charge >= 0.3 is 0 Å². The summed E-state index contributed by atoms with van der Waals surface area (Å²) in [7, 11) is 4.03. The summed E-state index contributed by atoms with van der Waals surface area (Å²) < 4.78 is 1.83. The monoisotopic (exact) mass is 385 g/mol. The first-order chi connectivity index (χ1) is 14.0. The Morgan fingerprint density at radius 1 is 0.966 bits per heavy atom. The van der Waals surface area contributed by atoms with Crippen molar-refractivity contribution in [3.05, 3.63) is 59.9 Å². The first-order valence-corrected chi connectivity index (χ1v) is 9.78. The van der Waals surface area contributed by atoms with Crippen LogP contribution in [0.2, 0.25) is 0 Å². The molecular weight excluding hydrogens is 362 g/mol. The standard InChI is InChI=1S/C23H23N5O/c1-14-8-16(9-17-13-28(3)26-23(14)17)15-4-5-19(22(29)10-15)21-7-6-20(24-25-21)18-11-27(2)12-18/h4-10,13,18,29H,11-12H2,1-3H3. The van der Waals surface area contributed by atoms with Crippen LogP contribution in [-0.2, 0) is 7.05 Å². The Kier molecular flexibility index (Phi) is 4.10. The van der Waals surface area contributed by atoms with E-state index in [2.05, 4.69) is 46.3 Å². The van der Waals surface area contributed by atoms with E-state index in [0.29, 0.717) is 17.2 Å². The number of aromatic nitrogens is 4. The second-order valence-corrected chi connectivity index (χ2v) is 8.03. The molecule has 0 radical (unpaired) electrons. The highest BCUT2D eigenvalue weighted by molar-refractivity contribution is 5.87. The highest BCUT2D eigenvalue weighted by Crippen LogP contribution is 2.34. The SMILES string of the molecule is Cc1cc(-c2ccc(-c3ccc(C4CN(C)C4)nn3)c(O)c2)cc2cn(C)nc12. The summed E-state index contributed by atoms with van der Waals surface area (Å²) >= 11 is 0. The summed E-state index contributed by atoms with van der Waals surface area (Å²) in [5.74, 6) is 0.667. The van der Waals surface area contributed by atoms with Gasteiger partial charge in [-0.1, -0.05) is 6.07 Å². The molecule has 0 amide bonds. The van der Waals surface area contributed by atoms with Crippen LogP contribution in [0.4, 0.5) is 0 Å². The van der Waals surface area contributed by atoms with Crippen molar-refractivity contribution < 1.29 is 5.11 Å².